The molecule has 1 aromatic rings. The maximum absolute atomic E-state index is 11.6. The summed E-state index contributed by atoms with van der Waals surface area (Å²) < 4.78 is 4.80. The van der Waals surface area contributed by atoms with E-state index < -0.39 is 49.9 Å². The third-order valence-corrected chi connectivity index (χ3v) is 2.56. The number of amides is 2. The Labute approximate surface area is 123 Å². The molecule has 1 aromatic heterocycles. The summed E-state index contributed by atoms with van der Waals surface area (Å²) in [6.07, 6.45) is 0. The number of hydrogen-bond donors (Lipinski definition) is 7. The quantitative estimate of drug-likeness (QED) is 0.256. The number of nitrogens with zero attached hydrogens (tertiary/aromatic N) is 2. The summed E-state index contributed by atoms with van der Waals surface area (Å²) in [6.45, 7) is -1.84. The van der Waals surface area contributed by atoms with E-state index in [2.05, 4.69) is 15.5 Å². The van der Waals surface area contributed by atoms with E-state index >= 15 is 0 Å². The average molecular weight is 319 g/mol. The zero-order valence-electron chi connectivity index (χ0n) is 11.3. The number of aliphatic carboxylic acids is 1. The molecular formula is C10H17N5O7. The lowest BCUT2D eigenvalue weighted by Gasteiger charge is -2.16. The van der Waals surface area contributed by atoms with Crippen molar-refractivity contribution < 1.29 is 34.5 Å². The molecule has 0 fully saturated rings. The minimum absolute atomic E-state index is 0.0167. The van der Waals surface area contributed by atoms with E-state index in [0.29, 0.717) is 0 Å². The van der Waals surface area contributed by atoms with Gasteiger partial charge in [0.2, 0.25) is 0 Å². The minimum atomic E-state index is -1.50. The van der Waals surface area contributed by atoms with E-state index in [1.807, 2.05) is 5.32 Å². The standard InChI is InChI=1S/C10H17N5O7/c11-4(1-16)7-14-8(22-15-7)5(2-17)12-10(21)13-6(3-18)9(19)20/h4-6,16-18H,1-3,11H2,(H,19,20)(H2,12,13,21)/t4-,5-,6-/m0/s1. The molecule has 8 N–H and O–H groups in total. The van der Waals surface area contributed by atoms with Crippen LogP contribution in [0.4, 0.5) is 4.79 Å². The number of nitrogens with one attached hydrogen (secondary N) is 2. The number of nitrogens with two attached hydrogens (primary N) is 1. The van der Waals surface area contributed by atoms with Crippen LogP contribution in [0.15, 0.2) is 4.52 Å². The predicted octanol–water partition coefficient (Wildman–Crippen LogP) is -3.16. The molecule has 0 radical (unpaired) electrons. The van der Waals surface area contributed by atoms with E-state index in [4.69, 9.17) is 25.6 Å². The Hall–Kier alpha value is -2.28. The number of aliphatic hydroxyl groups excluding tert-OH is 3. The third kappa shape index (κ3) is 4.63. The van der Waals surface area contributed by atoms with Crippen LogP contribution in [0.3, 0.4) is 0 Å². The Morgan fingerprint density at radius 3 is 2.36 bits per heavy atom. The molecule has 0 bridgehead atoms. The van der Waals surface area contributed by atoms with Crippen LogP contribution in [0, 0.1) is 0 Å². The lowest BCUT2D eigenvalue weighted by atomic mass is 10.3. The molecule has 0 saturated carbocycles. The Morgan fingerprint density at radius 2 is 1.86 bits per heavy atom. The second kappa shape index (κ2) is 8.23. The van der Waals surface area contributed by atoms with Crippen LogP contribution < -0.4 is 16.4 Å². The van der Waals surface area contributed by atoms with Crippen molar-refractivity contribution in [2.24, 2.45) is 5.73 Å². The molecule has 3 atom stereocenters. The molecule has 0 aromatic carbocycles. The van der Waals surface area contributed by atoms with E-state index in [9.17, 15) is 14.7 Å². The van der Waals surface area contributed by atoms with Gasteiger partial charge in [0, 0.05) is 0 Å². The normalized spacial score (nSPS) is 14.9. The van der Waals surface area contributed by atoms with Gasteiger partial charge in [-0.1, -0.05) is 5.16 Å². The van der Waals surface area contributed by atoms with Gasteiger partial charge in [0.15, 0.2) is 11.9 Å². The number of aliphatic hydroxyl groups is 3. The highest BCUT2D eigenvalue weighted by atomic mass is 16.5. The van der Waals surface area contributed by atoms with Crippen molar-refractivity contribution in [2.45, 2.75) is 18.1 Å². The largest absolute Gasteiger partial charge is 0.480 e. The molecule has 0 aliphatic carbocycles. The molecule has 1 rings (SSSR count). The summed E-state index contributed by atoms with van der Waals surface area (Å²) in [4.78, 5) is 26.1. The highest BCUT2D eigenvalue weighted by Crippen LogP contribution is 2.12. The van der Waals surface area contributed by atoms with Gasteiger partial charge >= 0.3 is 12.0 Å². The average Bonchev–Trinajstić information content (AvgIpc) is 2.98. The number of carboxylic acids is 1. The maximum atomic E-state index is 11.6. The third-order valence-electron chi connectivity index (χ3n) is 2.56. The van der Waals surface area contributed by atoms with Crippen molar-refractivity contribution in [1.82, 2.24) is 20.8 Å². The van der Waals surface area contributed by atoms with Crippen LogP contribution in [0.25, 0.3) is 0 Å². The van der Waals surface area contributed by atoms with Crippen molar-refractivity contribution in [1.29, 1.82) is 0 Å². The van der Waals surface area contributed by atoms with E-state index in [1.165, 1.54) is 0 Å². The number of carboxylic acid groups (broad SMARTS) is 1. The first-order chi connectivity index (χ1) is 10.4. The van der Waals surface area contributed by atoms with E-state index in [1.54, 1.807) is 0 Å². The highest BCUT2D eigenvalue weighted by molar-refractivity contribution is 5.82. The first-order valence-corrected chi connectivity index (χ1v) is 6.14. The Morgan fingerprint density at radius 1 is 1.18 bits per heavy atom. The fourth-order valence-electron chi connectivity index (χ4n) is 1.35. The summed E-state index contributed by atoms with van der Waals surface area (Å²) >= 11 is 0. The zero-order chi connectivity index (χ0) is 16.7. The van der Waals surface area contributed by atoms with Gasteiger partial charge in [-0.25, -0.2) is 9.59 Å². The zero-order valence-corrected chi connectivity index (χ0v) is 11.3. The fourth-order valence-corrected chi connectivity index (χ4v) is 1.35. The predicted molar refractivity (Wildman–Crippen MR) is 68.3 cm³/mol. The van der Waals surface area contributed by atoms with Gasteiger partial charge in [0.25, 0.3) is 5.89 Å². The Balaban J connectivity index is 2.70. The number of rotatable bonds is 8. The first kappa shape index (κ1) is 17.8. The Kier molecular flexibility index (Phi) is 6.65. The molecule has 12 heteroatoms. The maximum Gasteiger partial charge on any atom is 0.328 e. The first-order valence-electron chi connectivity index (χ1n) is 6.14. The highest BCUT2D eigenvalue weighted by Gasteiger charge is 2.25. The molecule has 1 heterocycles. The number of urea groups is 1. The summed E-state index contributed by atoms with van der Waals surface area (Å²) in [5.41, 5.74) is 5.48. The molecular weight excluding hydrogens is 302 g/mol. The van der Waals surface area contributed by atoms with Crippen molar-refractivity contribution >= 4 is 12.0 Å². The summed E-state index contributed by atoms with van der Waals surface area (Å²) in [5, 5.41) is 43.2. The van der Waals surface area contributed by atoms with Crippen molar-refractivity contribution in [3.05, 3.63) is 11.7 Å². The van der Waals surface area contributed by atoms with Gasteiger partial charge in [-0.05, 0) is 0 Å². The lowest BCUT2D eigenvalue weighted by Crippen LogP contribution is -2.49. The molecule has 0 aliphatic heterocycles. The molecule has 0 saturated heterocycles. The molecule has 0 unspecified atom stereocenters. The topological polar surface area (TPSA) is 204 Å². The van der Waals surface area contributed by atoms with Crippen LogP contribution in [-0.2, 0) is 4.79 Å². The summed E-state index contributed by atoms with van der Waals surface area (Å²) in [6, 6.07) is -4.45. The molecule has 12 nitrogen and oxygen atoms in total. The van der Waals surface area contributed by atoms with Crippen molar-refractivity contribution in [3.8, 4) is 0 Å². The number of aromatic nitrogens is 2. The van der Waals surface area contributed by atoms with Crippen LogP contribution in [0.1, 0.15) is 23.8 Å². The van der Waals surface area contributed by atoms with Gasteiger partial charge < -0.3 is 41.3 Å². The number of carbonyl (C=O) groups excluding carboxylic acids is 1. The van der Waals surface area contributed by atoms with Gasteiger partial charge in [0.1, 0.15) is 6.04 Å². The van der Waals surface area contributed by atoms with Gasteiger partial charge in [-0.3, -0.25) is 0 Å². The summed E-state index contributed by atoms with van der Waals surface area (Å²) in [7, 11) is 0. The number of carbonyl (C=O) groups is 2. The number of hydrogen-bond acceptors (Lipinski definition) is 9. The van der Waals surface area contributed by atoms with Crippen LogP contribution in [0.5, 0.6) is 0 Å². The van der Waals surface area contributed by atoms with Crippen LogP contribution in [-0.4, -0.2) is 68.4 Å². The van der Waals surface area contributed by atoms with Crippen LogP contribution in [0.2, 0.25) is 0 Å². The molecule has 0 spiro atoms. The monoisotopic (exact) mass is 319 g/mol. The smallest absolute Gasteiger partial charge is 0.328 e. The Bertz CT molecular complexity index is 508. The SMILES string of the molecule is N[C@@H](CO)c1noc([C@H](CO)NC(=O)N[C@@H](CO)C(=O)O)n1. The van der Waals surface area contributed by atoms with Gasteiger partial charge in [-0.15, -0.1) is 0 Å². The van der Waals surface area contributed by atoms with E-state index in [-0.39, 0.29) is 11.7 Å². The fraction of sp³-hybridized carbons (Fsp3) is 0.600. The van der Waals surface area contributed by atoms with Crippen LogP contribution >= 0.6 is 0 Å². The minimum Gasteiger partial charge on any atom is -0.480 e. The second-order valence-electron chi connectivity index (χ2n) is 4.21. The molecule has 0 aliphatic rings. The lowest BCUT2D eigenvalue weighted by molar-refractivity contribution is -0.140. The molecule has 2 amide bonds. The van der Waals surface area contributed by atoms with Crippen molar-refractivity contribution in [3.63, 3.8) is 0 Å². The van der Waals surface area contributed by atoms with Gasteiger partial charge in [0.05, 0.1) is 25.9 Å². The molecule has 124 valence electrons. The van der Waals surface area contributed by atoms with Crippen molar-refractivity contribution in [2.75, 3.05) is 19.8 Å². The van der Waals surface area contributed by atoms with Gasteiger partial charge in [-0.2, -0.15) is 4.98 Å². The molecule has 22 heavy (non-hydrogen) atoms. The summed E-state index contributed by atoms with van der Waals surface area (Å²) in [5.74, 6) is -1.61. The second-order valence-corrected chi connectivity index (χ2v) is 4.21. The van der Waals surface area contributed by atoms with E-state index in [0.717, 1.165) is 0 Å².